The van der Waals surface area contributed by atoms with Crippen molar-refractivity contribution >= 4 is 15.8 Å². The van der Waals surface area contributed by atoms with Gasteiger partial charge in [0.05, 0.1) is 24.5 Å². The minimum Gasteiger partial charge on any atom is -0.378 e. The van der Waals surface area contributed by atoms with Crippen molar-refractivity contribution in [3.05, 3.63) is 35.9 Å². The molecule has 136 valence electrons. The van der Waals surface area contributed by atoms with Gasteiger partial charge in [0.2, 0.25) is 10.0 Å². The molecule has 0 bridgehead atoms. The highest BCUT2D eigenvalue weighted by atomic mass is 32.2. The number of morpholine rings is 1. The Bertz CT molecular complexity index is 733. The first-order chi connectivity index (χ1) is 12.1. The molecule has 0 radical (unpaired) electrons. The summed E-state index contributed by atoms with van der Waals surface area (Å²) < 4.78 is 33.7. The average molecular weight is 363 g/mol. The highest BCUT2D eigenvalue weighted by Gasteiger charge is 2.53. The second kappa shape index (κ2) is 6.82. The normalized spacial score (nSPS) is 34.0. The number of rotatable bonds is 4. The van der Waals surface area contributed by atoms with Crippen LogP contribution in [-0.2, 0) is 19.6 Å². The maximum absolute atomic E-state index is 13.3. The summed E-state index contributed by atoms with van der Waals surface area (Å²) in [4.78, 5) is 12.4. The van der Waals surface area contributed by atoms with Gasteiger partial charge in [-0.2, -0.15) is 4.31 Å². The highest BCUT2D eigenvalue weighted by Crippen LogP contribution is 2.48. The molecule has 1 aromatic carbocycles. The van der Waals surface area contributed by atoms with Gasteiger partial charge in [-0.1, -0.05) is 36.8 Å². The number of carbonyl (C=O) groups excluding carboxylic acids is 1. The Labute approximate surface area is 149 Å². The fraction of sp³-hybridized carbons (Fsp3) is 0.632. The topological polar surface area (TPSA) is 63.7 Å². The van der Waals surface area contributed by atoms with Gasteiger partial charge in [0.25, 0.3) is 0 Å². The van der Waals surface area contributed by atoms with Gasteiger partial charge in [-0.3, -0.25) is 4.79 Å². The molecule has 4 unspecified atom stereocenters. The van der Waals surface area contributed by atoms with Crippen LogP contribution in [0.2, 0.25) is 0 Å². The first-order valence-electron chi connectivity index (χ1n) is 9.25. The lowest BCUT2D eigenvalue weighted by Gasteiger charge is -2.40. The molecule has 3 fully saturated rings. The van der Waals surface area contributed by atoms with Gasteiger partial charge >= 0.3 is 0 Å². The Kier molecular flexibility index (Phi) is 4.69. The molecule has 0 spiro atoms. The molecule has 1 aliphatic heterocycles. The monoisotopic (exact) mass is 363 g/mol. The molecule has 0 aromatic heterocycles. The molecule has 0 amide bonds. The molecule has 4 rings (SSSR count). The van der Waals surface area contributed by atoms with Crippen molar-refractivity contribution in [2.24, 2.45) is 5.92 Å². The standard InChI is InChI=1S/C19H25NO4S/c21-18-9-5-4-8-15(18)17-13-24-11-10-20(17)25(22,23)19-12-16(19)14-6-2-1-3-7-14/h1-3,6-7,15-17,19H,4-5,8-13H2. The number of hydrogen-bond donors (Lipinski definition) is 0. The second-order valence-electron chi connectivity index (χ2n) is 7.41. The summed E-state index contributed by atoms with van der Waals surface area (Å²) in [6.07, 6.45) is 3.96. The third kappa shape index (κ3) is 3.27. The Balaban J connectivity index is 1.55. The van der Waals surface area contributed by atoms with Gasteiger partial charge in [-0.25, -0.2) is 8.42 Å². The third-order valence-corrected chi connectivity index (χ3v) is 8.24. The lowest BCUT2D eigenvalue weighted by molar-refractivity contribution is -0.128. The zero-order valence-electron chi connectivity index (χ0n) is 14.3. The van der Waals surface area contributed by atoms with Crippen LogP contribution in [0.5, 0.6) is 0 Å². The van der Waals surface area contributed by atoms with Crippen LogP contribution in [-0.4, -0.2) is 49.6 Å². The number of ether oxygens (including phenoxy) is 1. The van der Waals surface area contributed by atoms with E-state index >= 15 is 0 Å². The van der Waals surface area contributed by atoms with Crippen LogP contribution in [0.3, 0.4) is 0 Å². The van der Waals surface area contributed by atoms with Gasteiger partial charge in [-0.15, -0.1) is 0 Å². The van der Waals surface area contributed by atoms with Crippen LogP contribution in [0.25, 0.3) is 0 Å². The highest BCUT2D eigenvalue weighted by molar-refractivity contribution is 7.90. The maximum atomic E-state index is 13.3. The van der Waals surface area contributed by atoms with E-state index in [9.17, 15) is 13.2 Å². The number of ketones is 1. The molecular formula is C19H25NO4S. The first kappa shape index (κ1) is 17.2. The quantitative estimate of drug-likeness (QED) is 0.824. The van der Waals surface area contributed by atoms with Crippen LogP contribution in [0.1, 0.15) is 43.6 Å². The minimum absolute atomic E-state index is 0.0803. The Hall–Kier alpha value is -1.24. The summed E-state index contributed by atoms with van der Waals surface area (Å²) >= 11 is 0. The van der Waals surface area contributed by atoms with Crippen molar-refractivity contribution in [2.45, 2.75) is 49.3 Å². The third-order valence-electron chi connectivity index (χ3n) is 5.85. The molecule has 5 nitrogen and oxygen atoms in total. The number of nitrogens with zero attached hydrogens (tertiary/aromatic N) is 1. The zero-order valence-corrected chi connectivity index (χ0v) is 15.2. The van der Waals surface area contributed by atoms with E-state index < -0.39 is 10.0 Å². The minimum atomic E-state index is -3.41. The summed E-state index contributed by atoms with van der Waals surface area (Å²) in [6, 6.07) is 9.54. The summed E-state index contributed by atoms with van der Waals surface area (Å²) in [5, 5.41) is -0.353. The Morgan fingerprint density at radius 2 is 1.88 bits per heavy atom. The molecule has 2 aliphatic carbocycles. The van der Waals surface area contributed by atoms with E-state index in [0.717, 1.165) is 24.8 Å². The molecule has 3 aliphatic rings. The molecular weight excluding hydrogens is 338 g/mol. The van der Waals surface area contributed by atoms with E-state index in [4.69, 9.17) is 4.74 Å². The van der Waals surface area contributed by atoms with Gasteiger partial charge < -0.3 is 4.74 Å². The molecule has 4 atom stereocenters. The number of sulfonamides is 1. The van der Waals surface area contributed by atoms with Crippen molar-refractivity contribution < 1.29 is 17.9 Å². The van der Waals surface area contributed by atoms with Crippen molar-refractivity contribution in [2.75, 3.05) is 19.8 Å². The molecule has 2 saturated carbocycles. The van der Waals surface area contributed by atoms with Crippen LogP contribution in [0.15, 0.2) is 30.3 Å². The maximum Gasteiger partial charge on any atom is 0.218 e. The first-order valence-corrected chi connectivity index (χ1v) is 10.8. The van der Waals surface area contributed by atoms with E-state index in [2.05, 4.69) is 0 Å². The van der Waals surface area contributed by atoms with Gasteiger partial charge in [0.1, 0.15) is 5.78 Å². The van der Waals surface area contributed by atoms with E-state index in [1.807, 2.05) is 30.3 Å². The van der Waals surface area contributed by atoms with E-state index in [-0.39, 0.29) is 28.9 Å². The van der Waals surface area contributed by atoms with Crippen molar-refractivity contribution in [1.29, 1.82) is 0 Å². The van der Waals surface area contributed by atoms with Crippen molar-refractivity contribution in [1.82, 2.24) is 4.31 Å². The second-order valence-corrected chi connectivity index (χ2v) is 9.51. The van der Waals surface area contributed by atoms with Gasteiger partial charge in [0.15, 0.2) is 0 Å². The fourth-order valence-corrected chi connectivity index (χ4v) is 6.67. The van der Waals surface area contributed by atoms with Crippen LogP contribution in [0.4, 0.5) is 0 Å². The predicted octanol–water partition coefficient (Wildman–Crippen LogP) is 2.33. The molecule has 1 heterocycles. The summed E-state index contributed by atoms with van der Waals surface area (Å²) in [5.74, 6) is 0.0897. The lowest BCUT2D eigenvalue weighted by atomic mass is 9.82. The Morgan fingerprint density at radius 3 is 2.64 bits per heavy atom. The number of hydrogen-bond acceptors (Lipinski definition) is 4. The molecule has 1 saturated heterocycles. The van der Waals surface area contributed by atoms with Crippen LogP contribution in [0, 0.1) is 5.92 Å². The van der Waals surface area contributed by atoms with E-state index in [1.54, 1.807) is 4.31 Å². The molecule has 25 heavy (non-hydrogen) atoms. The van der Waals surface area contributed by atoms with Crippen LogP contribution < -0.4 is 0 Å². The van der Waals surface area contributed by atoms with E-state index in [0.29, 0.717) is 32.6 Å². The molecule has 1 aromatic rings. The summed E-state index contributed by atoms with van der Waals surface area (Å²) in [5.41, 5.74) is 1.09. The van der Waals surface area contributed by atoms with Crippen LogP contribution >= 0.6 is 0 Å². The predicted molar refractivity (Wildman–Crippen MR) is 94.8 cm³/mol. The van der Waals surface area contributed by atoms with E-state index in [1.165, 1.54) is 0 Å². The largest absolute Gasteiger partial charge is 0.378 e. The number of Topliss-reactive ketones (excluding diaryl/α,β-unsaturated/α-hetero) is 1. The van der Waals surface area contributed by atoms with Crippen molar-refractivity contribution in [3.63, 3.8) is 0 Å². The molecule has 0 N–H and O–H groups in total. The van der Waals surface area contributed by atoms with Gasteiger partial charge in [-0.05, 0) is 24.8 Å². The summed E-state index contributed by atoms with van der Waals surface area (Å²) in [7, 11) is -3.41. The lowest BCUT2D eigenvalue weighted by Crippen LogP contribution is -2.55. The van der Waals surface area contributed by atoms with Gasteiger partial charge in [0, 0.05) is 24.8 Å². The SMILES string of the molecule is O=C1CCCCC1C1COCCN1S(=O)(=O)C1CC1c1ccccc1. The molecule has 6 heteroatoms. The smallest absolute Gasteiger partial charge is 0.218 e. The number of benzene rings is 1. The fourth-order valence-electron chi connectivity index (χ4n) is 4.38. The Morgan fingerprint density at radius 1 is 1.08 bits per heavy atom. The number of carbonyl (C=O) groups is 1. The zero-order chi connectivity index (χ0) is 17.4. The summed E-state index contributed by atoms with van der Waals surface area (Å²) in [6.45, 7) is 1.13. The van der Waals surface area contributed by atoms with Crippen molar-refractivity contribution in [3.8, 4) is 0 Å². The average Bonchev–Trinajstić information content (AvgIpc) is 3.45.